The number of amides is 1. The predicted octanol–water partition coefficient (Wildman–Crippen LogP) is 4.00. The lowest BCUT2D eigenvalue weighted by atomic mass is 10.2. The SMILES string of the molecule is O=C(N/N=C\c1cc(Cl)c2c(c1)OCO2)c1ccc(COc2ccccc2)o1. The molecule has 1 aromatic heterocycles. The van der Waals surface area contributed by atoms with Gasteiger partial charge in [0.05, 0.1) is 11.2 Å². The number of benzene rings is 2. The summed E-state index contributed by atoms with van der Waals surface area (Å²) in [6.07, 6.45) is 1.45. The molecule has 0 fully saturated rings. The van der Waals surface area contributed by atoms with Crippen LogP contribution in [0.3, 0.4) is 0 Å². The van der Waals surface area contributed by atoms with Gasteiger partial charge in [-0.1, -0.05) is 29.8 Å². The molecule has 3 aromatic rings. The number of nitrogens with one attached hydrogen (secondary N) is 1. The first kappa shape index (κ1) is 17.9. The molecular formula is C20H15ClN2O5. The lowest BCUT2D eigenvalue weighted by Crippen LogP contribution is -2.16. The summed E-state index contributed by atoms with van der Waals surface area (Å²) >= 11 is 6.11. The van der Waals surface area contributed by atoms with Crippen LogP contribution in [0.2, 0.25) is 5.02 Å². The van der Waals surface area contributed by atoms with Crippen molar-refractivity contribution in [3.05, 3.63) is 76.7 Å². The number of furan rings is 1. The Morgan fingerprint density at radius 2 is 2.04 bits per heavy atom. The van der Waals surface area contributed by atoms with E-state index < -0.39 is 5.91 Å². The van der Waals surface area contributed by atoms with Gasteiger partial charge >= 0.3 is 5.91 Å². The highest BCUT2D eigenvalue weighted by molar-refractivity contribution is 6.32. The topological polar surface area (TPSA) is 82.3 Å². The third-order valence-corrected chi connectivity index (χ3v) is 4.12. The number of ether oxygens (including phenoxy) is 3. The summed E-state index contributed by atoms with van der Waals surface area (Å²) in [5, 5.41) is 4.33. The van der Waals surface area contributed by atoms with Crippen molar-refractivity contribution in [2.24, 2.45) is 5.10 Å². The van der Waals surface area contributed by atoms with E-state index in [0.29, 0.717) is 27.8 Å². The maximum absolute atomic E-state index is 12.1. The minimum Gasteiger partial charge on any atom is -0.486 e. The van der Waals surface area contributed by atoms with Crippen molar-refractivity contribution in [3.63, 3.8) is 0 Å². The Labute approximate surface area is 165 Å². The molecule has 0 unspecified atom stereocenters. The number of rotatable bonds is 6. The molecular weight excluding hydrogens is 384 g/mol. The number of para-hydroxylation sites is 1. The van der Waals surface area contributed by atoms with Crippen molar-refractivity contribution in [1.29, 1.82) is 0 Å². The maximum Gasteiger partial charge on any atom is 0.307 e. The molecule has 7 nitrogen and oxygen atoms in total. The van der Waals surface area contributed by atoms with Crippen LogP contribution in [0, 0.1) is 0 Å². The van der Waals surface area contributed by atoms with Crippen LogP contribution >= 0.6 is 11.6 Å². The van der Waals surface area contributed by atoms with Gasteiger partial charge in [0, 0.05) is 0 Å². The van der Waals surface area contributed by atoms with E-state index in [-0.39, 0.29) is 19.2 Å². The van der Waals surface area contributed by atoms with E-state index >= 15 is 0 Å². The highest BCUT2D eigenvalue weighted by Crippen LogP contribution is 2.39. The molecule has 0 aliphatic carbocycles. The third-order valence-electron chi connectivity index (χ3n) is 3.84. The first-order chi connectivity index (χ1) is 13.7. The Kier molecular flexibility index (Phi) is 5.16. The van der Waals surface area contributed by atoms with Gasteiger partial charge in [0.15, 0.2) is 17.3 Å². The zero-order valence-electron chi connectivity index (χ0n) is 14.6. The fourth-order valence-corrected chi connectivity index (χ4v) is 2.80. The molecule has 0 atom stereocenters. The van der Waals surface area contributed by atoms with E-state index in [4.69, 9.17) is 30.2 Å². The molecule has 0 bridgehead atoms. The Morgan fingerprint density at radius 1 is 1.18 bits per heavy atom. The molecule has 0 saturated heterocycles. The second-order valence-electron chi connectivity index (χ2n) is 5.80. The number of halogens is 1. The van der Waals surface area contributed by atoms with E-state index in [9.17, 15) is 4.79 Å². The van der Waals surface area contributed by atoms with Crippen molar-refractivity contribution in [3.8, 4) is 17.2 Å². The Balaban J connectivity index is 1.33. The average molecular weight is 399 g/mol. The van der Waals surface area contributed by atoms with Crippen LogP contribution in [-0.2, 0) is 6.61 Å². The minimum atomic E-state index is -0.478. The quantitative estimate of drug-likeness (QED) is 0.501. The van der Waals surface area contributed by atoms with E-state index in [2.05, 4.69) is 10.5 Å². The van der Waals surface area contributed by atoms with Gasteiger partial charge in [-0.05, 0) is 42.0 Å². The second kappa shape index (κ2) is 8.06. The first-order valence-electron chi connectivity index (χ1n) is 8.38. The predicted molar refractivity (Wildman–Crippen MR) is 102 cm³/mol. The third kappa shape index (κ3) is 4.10. The molecule has 0 saturated carbocycles. The van der Waals surface area contributed by atoms with Crippen LogP contribution in [0.4, 0.5) is 0 Å². The molecule has 0 spiro atoms. The molecule has 1 N–H and O–H groups in total. The van der Waals surface area contributed by atoms with Crippen molar-refractivity contribution in [2.75, 3.05) is 6.79 Å². The zero-order chi connectivity index (χ0) is 19.3. The molecule has 2 heterocycles. The summed E-state index contributed by atoms with van der Waals surface area (Å²) in [7, 11) is 0. The summed E-state index contributed by atoms with van der Waals surface area (Å²) < 4.78 is 21.6. The lowest BCUT2D eigenvalue weighted by Gasteiger charge is -2.03. The number of hydrogen-bond acceptors (Lipinski definition) is 6. The summed E-state index contributed by atoms with van der Waals surface area (Å²) in [4.78, 5) is 12.1. The Bertz CT molecular complexity index is 1020. The van der Waals surface area contributed by atoms with Gasteiger partial charge in [-0.3, -0.25) is 4.79 Å². The molecule has 142 valence electrons. The summed E-state index contributed by atoms with van der Waals surface area (Å²) in [6.45, 7) is 0.345. The summed E-state index contributed by atoms with van der Waals surface area (Å²) in [5.41, 5.74) is 3.06. The number of hydrazone groups is 1. The van der Waals surface area contributed by atoms with E-state index in [1.54, 1.807) is 24.3 Å². The van der Waals surface area contributed by atoms with E-state index in [1.807, 2.05) is 30.3 Å². The molecule has 1 aliphatic heterocycles. The normalized spacial score (nSPS) is 12.3. The second-order valence-corrected chi connectivity index (χ2v) is 6.21. The van der Waals surface area contributed by atoms with E-state index in [1.165, 1.54) is 6.21 Å². The number of nitrogens with zero attached hydrogens (tertiary/aromatic N) is 1. The lowest BCUT2D eigenvalue weighted by molar-refractivity contribution is 0.0923. The standard InChI is InChI=1S/C20H15ClN2O5/c21-16-8-13(9-18-19(16)27-12-26-18)10-22-23-20(24)17-7-6-15(28-17)11-25-14-4-2-1-3-5-14/h1-10H,11-12H2,(H,23,24)/b22-10-. The zero-order valence-corrected chi connectivity index (χ0v) is 15.3. The van der Waals surface area contributed by atoms with Gasteiger partial charge in [-0.2, -0.15) is 5.10 Å². The van der Waals surface area contributed by atoms with Crippen LogP contribution in [0.15, 0.2) is 64.1 Å². The van der Waals surface area contributed by atoms with Gasteiger partial charge in [-0.25, -0.2) is 5.43 Å². The highest BCUT2D eigenvalue weighted by Gasteiger charge is 2.18. The number of hydrogen-bond donors (Lipinski definition) is 1. The Hall–Kier alpha value is -3.45. The maximum atomic E-state index is 12.1. The van der Waals surface area contributed by atoms with E-state index in [0.717, 1.165) is 5.75 Å². The highest BCUT2D eigenvalue weighted by atomic mass is 35.5. The van der Waals surface area contributed by atoms with Crippen LogP contribution in [0.5, 0.6) is 17.2 Å². The fraction of sp³-hybridized carbons (Fsp3) is 0.100. The van der Waals surface area contributed by atoms with Gasteiger partial charge in [0.25, 0.3) is 0 Å². The van der Waals surface area contributed by atoms with Crippen LogP contribution in [0.25, 0.3) is 0 Å². The molecule has 2 aromatic carbocycles. The van der Waals surface area contributed by atoms with Gasteiger partial charge in [0.2, 0.25) is 6.79 Å². The molecule has 1 amide bonds. The molecule has 28 heavy (non-hydrogen) atoms. The van der Waals surface area contributed by atoms with Gasteiger partial charge in [-0.15, -0.1) is 0 Å². The largest absolute Gasteiger partial charge is 0.486 e. The number of fused-ring (bicyclic) bond motifs is 1. The number of carbonyl (C=O) groups excluding carboxylic acids is 1. The molecule has 1 aliphatic rings. The summed E-state index contributed by atoms with van der Waals surface area (Å²) in [5.74, 6) is 1.94. The smallest absolute Gasteiger partial charge is 0.307 e. The average Bonchev–Trinajstić information content (AvgIpc) is 3.37. The van der Waals surface area contributed by atoms with Gasteiger partial charge in [0.1, 0.15) is 18.1 Å². The van der Waals surface area contributed by atoms with Crippen molar-refractivity contribution in [1.82, 2.24) is 5.43 Å². The Morgan fingerprint density at radius 3 is 2.89 bits per heavy atom. The van der Waals surface area contributed by atoms with Crippen molar-refractivity contribution >= 4 is 23.7 Å². The van der Waals surface area contributed by atoms with Crippen molar-refractivity contribution < 1.29 is 23.4 Å². The fourth-order valence-electron chi connectivity index (χ4n) is 2.53. The monoisotopic (exact) mass is 398 g/mol. The van der Waals surface area contributed by atoms with Crippen LogP contribution in [-0.4, -0.2) is 18.9 Å². The minimum absolute atomic E-state index is 0.126. The number of carbonyl (C=O) groups is 1. The summed E-state index contributed by atoms with van der Waals surface area (Å²) in [6, 6.07) is 16.0. The van der Waals surface area contributed by atoms with Crippen LogP contribution < -0.4 is 19.6 Å². The van der Waals surface area contributed by atoms with Crippen LogP contribution in [0.1, 0.15) is 21.9 Å². The van der Waals surface area contributed by atoms with Crippen molar-refractivity contribution in [2.45, 2.75) is 6.61 Å². The first-order valence-corrected chi connectivity index (χ1v) is 8.76. The molecule has 0 radical (unpaired) electrons. The molecule has 4 rings (SSSR count). The molecule has 8 heteroatoms. The van der Waals surface area contributed by atoms with Gasteiger partial charge < -0.3 is 18.6 Å².